The molecule has 0 bridgehead atoms. The third-order valence-corrected chi connectivity index (χ3v) is 9.42. The Bertz CT molecular complexity index is 2440. The number of benzene rings is 9. The van der Waals surface area contributed by atoms with E-state index in [4.69, 9.17) is 0 Å². The monoisotopic (exact) mass is 582 g/mol. The molecule has 0 aliphatic rings. The van der Waals surface area contributed by atoms with Crippen molar-refractivity contribution in [1.82, 2.24) is 0 Å². The molecule has 0 unspecified atom stereocenters. The van der Waals surface area contributed by atoms with Crippen molar-refractivity contribution in [2.45, 2.75) is 0 Å². The Morgan fingerprint density at radius 3 is 1.26 bits per heavy atom. The van der Waals surface area contributed by atoms with Crippen LogP contribution in [0, 0.1) is 0 Å². The van der Waals surface area contributed by atoms with Gasteiger partial charge in [0, 0.05) is 0 Å². The standard InChI is InChI=1S/C46H30/c1-3-14-31(15-4-1)34-28-35(32-16-5-2-6-17-32)30-36(29-34)45-41-20-9-11-22-43(41)46(44-23-12-10-21-42(44)45)40-25-13-24-38-37-19-8-7-18-33(37)26-27-39(38)40/h1-30H. The van der Waals surface area contributed by atoms with Crippen LogP contribution < -0.4 is 0 Å². The van der Waals surface area contributed by atoms with Crippen LogP contribution in [0.1, 0.15) is 0 Å². The van der Waals surface area contributed by atoms with E-state index in [1.54, 1.807) is 0 Å². The Hall–Kier alpha value is -5.98. The van der Waals surface area contributed by atoms with Gasteiger partial charge in [-0.15, -0.1) is 0 Å². The van der Waals surface area contributed by atoms with Crippen LogP contribution in [0.2, 0.25) is 0 Å². The highest BCUT2D eigenvalue weighted by Crippen LogP contribution is 2.47. The van der Waals surface area contributed by atoms with Gasteiger partial charge in [-0.1, -0.05) is 164 Å². The molecule has 0 aromatic heterocycles. The van der Waals surface area contributed by atoms with Gasteiger partial charge in [0.2, 0.25) is 0 Å². The summed E-state index contributed by atoms with van der Waals surface area (Å²) in [4.78, 5) is 0. The Balaban J connectivity index is 1.39. The maximum absolute atomic E-state index is 2.37. The molecule has 0 nitrogen and oxygen atoms in total. The second-order valence-corrected chi connectivity index (χ2v) is 12.1. The highest BCUT2D eigenvalue weighted by Gasteiger charge is 2.19. The highest BCUT2D eigenvalue weighted by molar-refractivity contribution is 6.25. The molecule has 9 rings (SSSR count). The van der Waals surface area contributed by atoms with Gasteiger partial charge in [0.05, 0.1) is 0 Å². The number of fused-ring (bicyclic) bond motifs is 5. The molecule has 0 aliphatic carbocycles. The van der Waals surface area contributed by atoms with Gasteiger partial charge in [-0.3, -0.25) is 0 Å². The van der Waals surface area contributed by atoms with Crippen LogP contribution in [0.25, 0.3) is 87.6 Å². The van der Waals surface area contributed by atoms with Crippen molar-refractivity contribution < 1.29 is 0 Å². The van der Waals surface area contributed by atoms with Gasteiger partial charge in [-0.25, -0.2) is 0 Å². The third-order valence-electron chi connectivity index (χ3n) is 9.42. The van der Waals surface area contributed by atoms with Gasteiger partial charge in [0.15, 0.2) is 0 Å². The summed E-state index contributed by atoms with van der Waals surface area (Å²) in [6, 6.07) is 66.6. The maximum Gasteiger partial charge on any atom is -0.00201 e. The van der Waals surface area contributed by atoms with Crippen molar-refractivity contribution in [3.05, 3.63) is 182 Å². The van der Waals surface area contributed by atoms with E-state index in [1.807, 2.05) is 0 Å². The van der Waals surface area contributed by atoms with Crippen molar-refractivity contribution >= 4 is 43.1 Å². The molecule has 0 fully saturated rings. The lowest BCUT2D eigenvalue weighted by Crippen LogP contribution is -1.93. The Morgan fingerprint density at radius 2 is 0.674 bits per heavy atom. The lowest BCUT2D eigenvalue weighted by molar-refractivity contribution is 1.58. The van der Waals surface area contributed by atoms with E-state index in [1.165, 1.54) is 87.6 Å². The summed E-state index contributed by atoms with van der Waals surface area (Å²) >= 11 is 0. The van der Waals surface area contributed by atoms with Gasteiger partial charge < -0.3 is 0 Å². The first-order valence-electron chi connectivity index (χ1n) is 15.9. The Labute approximate surface area is 268 Å². The predicted molar refractivity (Wildman–Crippen MR) is 198 cm³/mol. The van der Waals surface area contributed by atoms with Crippen molar-refractivity contribution in [3.8, 4) is 44.5 Å². The summed E-state index contributed by atoms with van der Waals surface area (Å²) in [6.07, 6.45) is 0. The minimum atomic E-state index is 1.22. The fourth-order valence-electron chi connectivity index (χ4n) is 7.35. The highest BCUT2D eigenvalue weighted by atomic mass is 14.2. The number of hydrogen-bond acceptors (Lipinski definition) is 0. The molecule has 0 saturated heterocycles. The van der Waals surface area contributed by atoms with Gasteiger partial charge in [0.1, 0.15) is 0 Å². The Morgan fingerprint density at radius 1 is 0.217 bits per heavy atom. The molecule has 9 aromatic carbocycles. The quantitative estimate of drug-likeness (QED) is 0.143. The van der Waals surface area contributed by atoms with Crippen LogP contribution in [-0.4, -0.2) is 0 Å². The van der Waals surface area contributed by atoms with E-state index < -0.39 is 0 Å². The summed E-state index contributed by atoms with van der Waals surface area (Å²) in [5, 5.41) is 10.2. The van der Waals surface area contributed by atoms with Crippen LogP contribution in [0.5, 0.6) is 0 Å². The van der Waals surface area contributed by atoms with E-state index in [0.29, 0.717) is 0 Å². The molecule has 0 amide bonds. The average Bonchev–Trinajstić information content (AvgIpc) is 3.14. The summed E-state index contributed by atoms with van der Waals surface area (Å²) in [5.41, 5.74) is 9.93. The van der Waals surface area contributed by atoms with Crippen molar-refractivity contribution in [2.24, 2.45) is 0 Å². The first-order valence-corrected chi connectivity index (χ1v) is 15.9. The van der Waals surface area contributed by atoms with Crippen LogP contribution in [0.4, 0.5) is 0 Å². The van der Waals surface area contributed by atoms with E-state index in [9.17, 15) is 0 Å². The fraction of sp³-hybridized carbons (Fsp3) is 0. The van der Waals surface area contributed by atoms with Crippen LogP contribution >= 0.6 is 0 Å². The number of rotatable bonds is 4. The Kier molecular flexibility index (Phi) is 6.25. The minimum Gasteiger partial charge on any atom is -0.0622 e. The van der Waals surface area contributed by atoms with Crippen LogP contribution in [0.15, 0.2) is 182 Å². The molecule has 0 heterocycles. The lowest BCUT2D eigenvalue weighted by Gasteiger charge is -2.20. The second-order valence-electron chi connectivity index (χ2n) is 12.1. The van der Waals surface area contributed by atoms with Crippen molar-refractivity contribution in [2.75, 3.05) is 0 Å². The predicted octanol–water partition coefficient (Wildman–Crippen LogP) is 13.0. The zero-order valence-electron chi connectivity index (χ0n) is 25.3. The van der Waals surface area contributed by atoms with E-state index in [2.05, 4.69) is 182 Å². The SMILES string of the molecule is c1ccc(-c2cc(-c3ccccc3)cc(-c3c4ccccc4c(-c4cccc5c4ccc4ccccc45)c4ccccc34)c2)cc1. The molecule has 0 N–H and O–H groups in total. The van der Waals surface area contributed by atoms with Crippen molar-refractivity contribution in [3.63, 3.8) is 0 Å². The van der Waals surface area contributed by atoms with Gasteiger partial charge in [0.25, 0.3) is 0 Å². The molecule has 0 saturated carbocycles. The van der Waals surface area contributed by atoms with Crippen LogP contribution in [0.3, 0.4) is 0 Å². The average molecular weight is 583 g/mol. The van der Waals surface area contributed by atoms with E-state index in [0.717, 1.165) is 0 Å². The molecule has 214 valence electrons. The van der Waals surface area contributed by atoms with Crippen LogP contribution in [-0.2, 0) is 0 Å². The second kappa shape index (κ2) is 10.9. The number of hydrogen-bond donors (Lipinski definition) is 0. The molecule has 0 heteroatoms. The first kappa shape index (κ1) is 26.4. The lowest BCUT2D eigenvalue weighted by atomic mass is 9.83. The fourth-order valence-corrected chi connectivity index (χ4v) is 7.35. The molecule has 9 aromatic rings. The molecule has 0 atom stereocenters. The summed E-state index contributed by atoms with van der Waals surface area (Å²) in [6.45, 7) is 0. The van der Waals surface area contributed by atoms with E-state index in [-0.39, 0.29) is 0 Å². The zero-order chi connectivity index (χ0) is 30.5. The van der Waals surface area contributed by atoms with Gasteiger partial charge >= 0.3 is 0 Å². The largest absolute Gasteiger partial charge is 0.0622 e. The first-order chi connectivity index (χ1) is 22.8. The molecule has 0 spiro atoms. The van der Waals surface area contributed by atoms with E-state index >= 15 is 0 Å². The smallest absolute Gasteiger partial charge is 0.00201 e. The zero-order valence-corrected chi connectivity index (χ0v) is 25.3. The van der Waals surface area contributed by atoms with Gasteiger partial charge in [-0.2, -0.15) is 0 Å². The molecular weight excluding hydrogens is 553 g/mol. The molecule has 0 radical (unpaired) electrons. The molecule has 46 heavy (non-hydrogen) atoms. The summed E-state index contributed by atoms with van der Waals surface area (Å²) in [5.74, 6) is 0. The topological polar surface area (TPSA) is 0 Å². The normalized spacial score (nSPS) is 11.5. The maximum atomic E-state index is 2.37. The minimum absolute atomic E-state index is 1.22. The third kappa shape index (κ3) is 4.30. The van der Waals surface area contributed by atoms with Gasteiger partial charge in [-0.05, 0) is 106 Å². The molecule has 0 aliphatic heterocycles. The summed E-state index contributed by atoms with van der Waals surface area (Å²) in [7, 11) is 0. The summed E-state index contributed by atoms with van der Waals surface area (Å²) < 4.78 is 0. The molecular formula is C46H30. The van der Waals surface area contributed by atoms with Crippen molar-refractivity contribution in [1.29, 1.82) is 0 Å².